The third-order valence-corrected chi connectivity index (χ3v) is 3.23. The maximum atomic E-state index is 11.5. The number of benzene rings is 1. The molecule has 0 saturated carbocycles. The highest BCUT2D eigenvalue weighted by Crippen LogP contribution is 2.20. The van der Waals surface area contributed by atoms with Gasteiger partial charge in [0.2, 0.25) is 5.91 Å². The van der Waals surface area contributed by atoms with E-state index in [-0.39, 0.29) is 5.91 Å². The largest absolute Gasteiger partial charge is 0.330 e. The van der Waals surface area contributed by atoms with Crippen LogP contribution in [0.3, 0.4) is 0 Å². The van der Waals surface area contributed by atoms with Crippen LogP contribution in [0.25, 0.3) is 0 Å². The summed E-state index contributed by atoms with van der Waals surface area (Å²) in [6.07, 6.45) is 0.482. The van der Waals surface area contributed by atoms with Crippen LogP contribution >= 0.6 is 23.4 Å². The molecule has 0 bridgehead atoms. The van der Waals surface area contributed by atoms with Crippen molar-refractivity contribution >= 4 is 35.0 Å². The number of para-hydroxylation sites is 1. The molecule has 0 radical (unpaired) electrons. The van der Waals surface area contributed by atoms with Crippen LogP contribution in [0.5, 0.6) is 0 Å². The summed E-state index contributed by atoms with van der Waals surface area (Å²) in [6.45, 7) is 0.650. The van der Waals surface area contributed by atoms with Crippen LogP contribution in [0.2, 0.25) is 5.02 Å². The first-order valence-corrected chi connectivity index (χ1v) is 6.59. The Hall–Kier alpha value is -0.710. The van der Waals surface area contributed by atoms with Gasteiger partial charge in [0.1, 0.15) is 0 Å². The quantitative estimate of drug-likeness (QED) is 0.771. The standard InChI is InChI=1S/C11H15ClN2OS/c12-9-3-1-2-4-10(9)14-11(15)5-7-16-8-6-13/h1-4H,5-8,13H2,(H,14,15). The minimum Gasteiger partial charge on any atom is -0.330 e. The van der Waals surface area contributed by atoms with Crippen LogP contribution in [0.4, 0.5) is 5.69 Å². The van der Waals surface area contributed by atoms with E-state index < -0.39 is 0 Å². The van der Waals surface area contributed by atoms with Crippen molar-refractivity contribution in [1.29, 1.82) is 0 Å². The van der Waals surface area contributed by atoms with E-state index in [2.05, 4.69) is 5.32 Å². The predicted molar refractivity (Wildman–Crippen MR) is 71.1 cm³/mol. The van der Waals surface area contributed by atoms with E-state index in [9.17, 15) is 4.79 Å². The zero-order valence-corrected chi connectivity index (χ0v) is 10.5. The Morgan fingerprint density at radius 1 is 1.38 bits per heavy atom. The van der Waals surface area contributed by atoms with E-state index in [4.69, 9.17) is 17.3 Å². The van der Waals surface area contributed by atoms with E-state index in [1.165, 1.54) is 0 Å². The van der Waals surface area contributed by atoms with Gasteiger partial charge < -0.3 is 11.1 Å². The highest BCUT2D eigenvalue weighted by Gasteiger charge is 2.04. The Bertz CT molecular complexity index is 347. The monoisotopic (exact) mass is 258 g/mol. The number of carbonyl (C=O) groups excluding carboxylic acids is 1. The second-order valence-electron chi connectivity index (χ2n) is 3.18. The molecule has 0 spiro atoms. The van der Waals surface area contributed by atoms with Gasteiger partial charge in [0, 0.05) is 24.5 Å². The molecule has 5 heteroatoms. The molecule has 1 aromatic carbocycles. The molecule has 0 atom stereocenters. The summed E-state index contributed by atoms with van der Waals surface area (Å²) in [5.41, 5.74) is 6.01. The molecule has 0 aromatic heterocycles. The van der Waals surface area contributed by atoms with Crippen LogP contribution in [0.15, 0.2) is 24.3 Å². The Morgan fingerprint density at radius 2 is 2.12 bits per heavy atom. The molecule has 3 N–H and O–H groups in total. The van der Waals surface area contributed by atoms with Gasteiger partial charge in [-0.2, -0.15) is 11.8 Å². The van der Waals surface area contributed by atoms with E-state index >= 15 is 0 Å². The number of amides is 1. The number of hydrogen-bond donors (Lipinski definition) is 2. The predicted octanol–water partition coefficient (Wildman–Crippen LogP) is 2.36. The molecule has 0 fully saturated rings. The summed E-state index contributed by atoms with van der Waals surface area (Å²) in [5, 5.41) is 3.33. The van der Waals surface area contributed by atoms with Crippen molar-refractivity contribution in [2.75, 3.05) is 23.4 Å². The van der Waals surface area contributed by atoms with Gasteiger partial charge >= 0.3 is 0 Å². The number of hydrogen-bond acceptors (Lipinski definition) is 3. The molecular formula is C11H15ClN2OS. The number of anilines is 1. The number of halogens is 1. The third-order valence-electron chi connectivity index (χ3n) is 1.88. The average Bonchev–Trinajstić information content (AvgIpc) is 2.28. The van der Waals surface area contributed by atoms with Crippen molar-refractivity contribution in [2.24, 2.45) is 5.73 Å². The summed E-state index contributed by atoms with van der Waals surface area (Å²) in [7, 11) is 0. The van der Waals surface area contributed by atoms with Crippen LogP contribution in [-0.4, -0.2) is 24.0 Å². The van der Waals surface area contributed by atoms with Gasteiger partial charge in [0.05, 0.1) is 10.7 Å². The molecule has 1 amide bonds. The molecule has 0 aliphatic rings. The fourth-order valence-electron chi connectivity index (χ4n) is 1.13. The molecular weight excluding hydrogens is 244 g/mol. The van der Waals surface area contributed by atoms with E-state index in [1.807, 2.05) is 12.1 Å². The first-order valence-electron chi connectivity index (χ1n) is 5.06. The van der Waals surface area contributed by atoms with Gasteiger partial charge in [-0.3, -0.25) is 4.79 Å². The Labute approximate surface area is 105 Å². The van der Waals surface area contributed by atoms with Gasteiger partial charge in [0.15, 0.2) is 0 Å². The van der Waals surface area contributed by atoms with Crippen LogP contribution < -0.4 is 11.1 Å². The molecule has 0 heterocycles. The number of rotatable bonds is 6. The van der Waals surface area contributed by atoms with Gasteiger partial charge in [-0.15, -0.1) is 0 Å². The highest BCUT2D eigenvalue weighted by atomic mass is 35.5. The van der Waals surface area contributed by atoms with Crippen molar-refractivity contribution in [3.63, 3.8) is 0 Å². The fraction of sp³-hybridized carbons (Fsp3) is 0.364. The van der Waals surface area contributed by atoms with Gasteiger partial charge in [-0.05, 0) is 12.1 Å². The Morgan fingerprint density at radius 3 is 2.81 bits per heavy atom. The second kappa shape index (κ2) is 7.54. The first kappa shape index (κ1) is 13.4. The Kier molecular flexibility index (Phi) is 6.30. The topological polar surface area (TPSA) is 55.1 Å². The SMILES string of the molecule is NCCSCCC(=O)Nc1ccccc1Cl. The first-order chi connectivity index (χ1) is 7.74. The zero-order valence-electron chi connectivity index (χ0n) is 8.91. The lowest BCUT2D eigenvalue weighted by atomic mass is 10.3. The van der Waals surface area contributed by atoms with Crippen molar-refractivity contribution in [3.8, 4) is 0 Å². The number of nitrogens with one attached hydrogen (secondary N) is 1. The van der Waals surface area contributed by atoms with Crippen molar-refractivity contribution in [1.82, 2.24) is 0 Å². The van der Waals surface area contributed by atoms with E-state index in [1.54, 1.807) is 23.9 Å². The lowest BCUT2D eigenvalue weighted by Gasteiger charge is -2.06. The maximum absolute atomic E-state index is 11.5. The van der Waals surface area contributed by atoms with E-state index in [0.717, 1.165) is 11.5 Å². The molecule has 0 aliphatic heterocycles. The minimum atomic E-state index is -0.0161. The second-order valence-corrected chi connectivity index (χ2v) is 4.81. The van der Waals surface area contributed by atoms with Crippen molar-refractivity contribution in [3.05, 3.63) is 29.3 Å². The van der Waals surface area contributed by atoms with Crippen LogP contribution in [-0.2, 0) is 4.79 Å². The van der Waals surface area contributed by atoms with E-state index in [0.29, 0.717) is 23.7 Å². The lowest BCUT2D eigenvalue weighted by Crippen LogP contribution is -2.13. The van der Waals surface area contributed by atoms with Crippen molar-refractivity contribution in [2.45, 2.75) is 6.42 Å². The van der Waals surface area contributed by atoms with Crippen LogP contribution in [0.1, 0.15) is 6.42 Å². The fourth-order valence-corrected chi connectivity index (χ4v) is 2.01. The van der Waals surface area contributed by atoms with Gasteiger partial charge in [-0.25, -0.2) is 0 Å². The number of thioether (sulfide) groups is 1. The maximum Gasteiger partial charge on any atom is 0.225 e. The molecule has 16 heavy (non-hydrogen) atoms. The summed E-state index contributed by atoms with van der Waals surface area (Å²) in [4.78, 5) is 11.5. The highest BCUT2D eigenvalue weighted by molar-refractivity contribution is 7.99. The third kappa shape index (κ3) is 4.88. The summed E-state index contributed by atoms with van der Waals surface area (Å²) < 4.78 is 0. The molecule has 0 saturated heterocycles. The normalized spacial score (nSPS) is 10.1. The van der Waals surface area contributed by atoms with Crippen LogP contribution in [0, 0.1) is 0 Å². The molecule has 1 rings (SSSR count). The molecule has 3 nitrogen and oxygen atoms in total. The lowest BCUT2D eigenvalue weighted by molar-refractivity contribution is -0.115. The summed E-state index contributed by atoms with van der Waals surface area (Å²) in [6, 6.07) is 7.20. The smallest absolute Gasteiger partial charge is 0.225 e. The molecule has 0 unspecified atom stereocenters. The molecule has 88 valence electrons. The van der Waals surface area contributed by atoms with Gasteiger partial charge in [0.25, 0.3) is 0 Å². The average molecular weight is 259 g/mol. The number of nitrogens with two attached hydrogens (primary N) is 1. The minimum absolute atomic E-state index is 0.0161. The number of carbonyl (C=O) groups is 1. The molecule has 1 aromatic rings. The van der Waals surface area contributed by atoms with Crippen molar-refractivity contribution < 1.29 is 4.79 Å². The molecule has 0 aliphatic carbocycles. The Balaban J connectivity index is 2.32. The summed E-state index contributed by atoms with van der Waals surface area (Å²) in [5.74, 6) is 1.66. The zero-order chi connectivity index (χ0) is 11.8. The summed E-state index contributed by atoms with van der Waals surface area (Å²) >= 11 is 7.59. The van der Waals surface area contributed by atoms with Gasteiger partial charge in [-0.1, -0.05) is 23.7 Å².